The molecule has 2 fully saturated rings. The van der Waals surface area contributed by atoms with Crippen molar-refractivity contribution in [2.24, 2.45) is 11.8 Å². The van der Waals surface area contributed by atoms with Crippen LogP contribution in [0.15, 0.2) is 0 Å². The van der Waals surface area contributed by atoms with Crippen LogP contribution >= 0.6 is 0 Å². The van der Waals surface area contributed by atoms with Crippen molar-refractivity contribution < 1.29 is 39.1 Å². The van der Waals surface area contributed by atoms with Gasteiger partial charge in [-0.25, -0.2) is 0 Å². The van der Waals surface area contributed by atoms with E-state index >= 15 is 0 Å². The first kappa shape index (κ1) is 10.2. The summed E-state index contributed by atoms with van der Waals surface area (Å²) in [5, 5.41) is 2.38. The Hall–Kier alpha value is 0.140. The third-order valence-corrected chi connectivity index (χ3v) is 2.69. The number of nitrogens with one attached hydrogen (secondary N) is 1. The van der Waals surface area contributed by atoms with E-state index < -0.39 is 0 Å². The fourth-order valence-corrected chi connectivity index (χ4v) is 2.07. The standard InChI is InChI=1S/C8H11NO2.Na/c10-7-5-3-1-2-4-6(5)8(11)9-7;/h5-6H,1-4H2,(H,9,10,11);/q;+1. The maximum absolute atomic E-state index is 11.1. The Morgan fingerprint density at radius 2 is 1.42 bits per heavy atom. The summed E-state index contributed by atoms with van der Waals surface area (Å²) in [6.45, 7) is 0. The number of carbonyl (C=O) groups is 2. The molecule has 1 saturated carbocycles. The van der Waals surface area contributed by atoms with E-state index in [4.69, 9.17) is 0 Å². The van der Waals surface area contributed by atoms with Crippen molar-refractivity contribution in [3.63, 3.8) is 0 Å². The fraction of sp³-hybridized carbons (Fsp3) is 0.750. The molecule has 0 bridgehead atoms. The number of hydrogen-bond donors (Lipinski definition) is 1. The molecule has 2 unspecified atom stereocenters. The van der Waals surface area contributed by atoms with Gasteiger partial charge >= 0.3 is 29.6 Å². The van der Waals surface area contributed by atoms with Gasteiger partial charge in [0, 0.05) is 11.8 Å². The minimum atomic E-state index is -0.0419. The van der Waals surface area contributed by atoms with Gasteiger partial charge in [-0.05, 0) is 12.8 Å². The number of hydrogen-bond acceptors (Lipinski definition) is 2. The summed E-state index contributed by atoms with van der Waals surface area (Å²) in [6, 6.07) is 0. The molecular formula is C8H11NNaO2+. The van der Waals surface area contributed by atoms with Crippen LogP contribution in [0.3, 0.4) is 0 Å². The average Bonchev–Trinajstić information content (AvgIpc) is 2.30. The number of fused-ring (bicyclic) bond motifs is 1. The Balaban J connectivity index is 0.000000720. The first-order chi connectivity index (χ1) is 5.29. The van der Waals surface area contributed by atoms with Crippen LogP contribution in [0.5, 0.6) is 0 Å². The van der Waals surface area contributed by atoms with Gasteiger partial charge in [0.2, 0.25) is 11.8 Å². The van der Waals surface area contributed by atoms with Crippen LogP contribution in [0.25, 0.3) is 0 Å². The molecule has 1 saturated heterocycles. The van der Waals surface area contributed by atoms with Crippen molar-refractivity contribution in [2.75, 3.05) is 0 Å². The summed E-state index contributed by atoms with van der Waals surface area (Å²) in [4.78, 5) is 22.2. The summed E-state index contributed by atoms with van der Waals surface area (Å²) < 4.78 is 0. The fourth-order valence-electron chi connectivity index (χ4n) is 2.07. The number of imide groups is 1. The molecule has 2 atom stereocenters. The van der Waals surface area contributed by atoms with E-state index in [1.54, 1.807) is 0 Å². The quantitative estimate of drug-likeness (QED) is 0.326. The zero-order chi connectivity index (χ0) is 7.84. The smallest absolute Gasteiger partial charge is 0.296 e. The van der Waals surface area contributed by atoms with E-state index in [-0.39, 0.29) is 53.2 Å². The maximum atomic E-state index is 11.1. The average molecular weight is 176 g/mol. The van der Waals surface area contributed by atoms with Gasteiger partial charge in [-0.2, -0.15) is 0 Å². The van der Waals surface area contributed by atoms with Crippen LogP contribution in [-0.4, -0.2) is 11.8 Å². The third kappa shape index (κ3) is 1.58. The van der Waals surface area contributed by atoms with Crippen molar-refractivity contribution >= 4 is 11.8 Å². The predicted molar refractivity (Wildman–Crippen MR) is 38.6 cm³/mol. The molecule has 1 heterocycles. The monoisotopic (exact) mass is 176 g/mol. The Kier molecular flexibility index (Phi) is 3.32. The molecule has 0 aromatic rings. The Morgan fingerprint density at radius 1 is 1.00 bits per heavy atom. The zero-order valence-corrected chi connectivity index (χ0v) is 9.30. The topological polar surface area (TPSA) is 46.2 Å². The second kappa shape index (κ2) is 3.90. The van der Waals surface area contributed by atoms with Crippen molar-refractivity contribution in [2.45, 2.75) is 25.7 Å². The van der Waals surface area contributed by atoms with E-state index in [1.807, 2.05) is 0 Å². The zero-order valence-electron chi connectivity index (χ0n) is 7.30. The first-order valence-electron chi connectivity index (χ1n) is 4.14. The van der Waals surface area contributed by atoms with Crippen LogP contribution in [0, 0.1) is 11.8 Å². The summed E-state index contributed by atoms with van der Waals surface area (Å²) in [6.07, 6.45) is 4.01. The molecule has 1 aliphatic carbocycles. The summed E-state index contributed by atoms with van der Waals surface area (Å²) in [5.41, 5.74) is 0. The third-order valence-electron chi connectivity index (χ3n) is 2.69. The minimum Gasteiger partial charge on any atom is -0.296 e. The van der Waals surface area contributed by atoms with Crippen molar-refractivity contribution in [3.05, 3.63) is 0 Å². The van der Waals surface area contributed by atoms with Crippen molar-refractivity contribution in [1.82, 2.24) is 5.32 Å². The van der Waals surface area contributed by atoms with Gasteiger partial charge in [-0.3, -0.25) is 14.9 Å². The van der Waals surface area contributed by atoms with Crippen molar-refractivity contribution in [3.8, 4) is 0 Å². The molecular weight excluding hydrogens is 165 g/mol. The van der Waals surface area contributed by atoms with Crippen LogP contribution < -0.4 is 34.9 Å². The summed E-state index contributed by atoms with van der Waals surface area (Å²) in [7, 11) is 0. The van der Waals surface area contributed by atoms with E-state index in [0.717, 1.165) is 25.7 Å². The van der Waals surface area contributed by atoms with Gasteiger partial charge in [-0.15, -0.1) is 0 Å². The molecule has 2 rings (SSSR count). The molecule has 0 spiro atoms. The van der Waals surface area contributed by atoms with Crippen LogP contribution in [0.2, 0.25) is 0 Å². The van der Waals surface area contributed by atoms with Gasteiger partial charge < -0.3 is 0 Å². The molecule has 2 amide bonds. The Labute approximate surface area is 93.6 Å². The molecule has 0 aromatic heterocycles. The first-order valence-corrected chi connectivity index (χ1v) is 4.14. The molecule has 0 radical (unpaired) electrons. The largest absolute Gasteiger partial charge is 1.00 e. The van der Waals surface area contributed by atoms with E-state index in [2.05, 4.69) is 5.32 Å². The van der Waals surface area contributed by atoms with Gasteiger partial charge in [0.15, 0.2) is 0 Å². The van der Waals surface area contributed by atoms with Gasteiger partial charge in [-0.1, -0.05) is 12.8 Å². The van der Waals surface area contributed by atoms with Crippen LogP contribution in [0.4, 0.5) is 0 Å². The number of rotatable bonds is 0. The molecule has 1 aliphatic heterocycles. The van der Waals surface area contributed by atoms with E-state index in [1.165, 1.54) is 0 Å². The van der Waals surface area contributed by atoms with Crippen LogP contribution in [0.1, 0.15) is 25.7 Å². The van der Waals surface area contributed by atoms with Gasteiger partial charge in [0.05, 0.1) is 0 Å². The minimum absolute atomic E-state index is 0. The second-order valence-electron chi connectivity index (χ2n) is 3.35. The Bertz CT molecular complexity index is 195. The number of amides is 2. The molecule has 2 aliphatic rings. The molecule has 1 N–H and O–H groups in total. The Morgan fingerprint density at radius 3 is 1.83 bits per heavy atom. The number of carbonyl (C=O) groups excluding carboxylic acids is 2. The normalized spacial score (nSPS) is 33.7. The van der Waals surface area contributed by atoms with Crippen LogP contribution in [-0.2, 0) is 9.59 Å². The SMILES string of the molecule is O=C1NC(=O)C2CCCCC12.[Na+]. The van der Waals surface area contributed by atoms with Gasteiger partial charge in [0.1, 0.15) is 0 Å². The summed E-state index contributed by atoms with van der Waals surface area (Å²) in [5.74, 6) is -0.0631. The van der Waals surface area contributed by atoms with Crippen molar-refractivity contribution in [1.29, 1.82) is 0 Å². The molecule has 4 heteroatoms. The molecule has 3 nitrogen and oxygen atoms in total. The summed E-state index contributed by atoms with van der Waals surface area (Å²) >= 11 is 0. The molecule has 0 aromatic carbocycles. The molecule has 12 heavy (non-hydrogen) atoms. The van der Waals surface area contributed by atoms with E-state index in [9.17, 15) is 9.59 Å². The van der Waals surface area contributed by atoms with Gasteiger partial charge in [0.25, 0.3) is 0 Å². The second-order valence-corrected chi connectivity index (χ2v) is 3.35. The molecule has 60 valence electrons. The predicted octanol–water partition coefficient (Wildman–Crippen LogP) is -2.55. The van der Waals surface area contributed by atoms with E-state index in [0.29, 0.717) is 0 Å². The maximum Gasteiger partial charge on any atom is 1.00 e.